The summed E-state index contributed by atoms with van der Waals surface area (Å²) in [5.74, 6) is 0.430. The first-order valence-corrected chi connectivity index (χ1v) is 8.01. The molecule has 5 nitrogen and oxygen atoms in total. The molecule has 1 unspecified atom stereocenters. The fraction of sp³-hybridized carbons (Fsp3) is 0.111. The van der Waals surface area contributed by atoms with Gasteiger partial charge >= 0.3 is 0 Å². The zero-order chi connectivity index (χ0) is 17.6. The Morgan fingerprint density at radius 3 is 2.72 bits per heavy atom. The molecular formula is C18H16ClFN4O. The SMILES string of the molecule is OCC(Nc1ccnc(Nc2cccc(Cl)c2)n1)c1ccccc1F. The summed E-state index contributed by atoms with van der Waals surface area (Å²) in [5.41, 5.74) is 1.12. The van der Waals surface area contributed by atoms with Crippen molar-refractivity contribution in [2.24, 2.45) is 0 Å². The summed E-state index contributed by atoms with van der Waals surface area (Å²) in [6, 6.07) is 14.5. The van der Waals surface area contributed by atoms with E-state index in [1.807, 2.05) is 12.1 Å². The predicted molar refractivity (Wildman–Crippen MR) is 96.6 cm³/mol. The van der Waals surface area contributed by atoms with Gasteiger partial charge in [0.25, 0.3) is 0 Å². The zero-order valence-electron chi connectivity index (χ0n) is 13.2. The molecular weight excluding hydrogens is 343 g/mol. The molecule has 3 aromatic rings. The summed E-state index contributed by atoms with van der Waals surface area (Å²) in [5, 5.41) is 16.3. The molecule has 0 saturated carbocycles. The van der Waals surface area contributed by atoms with Crippen molar-refractivity contribution in [2.75, 3.05) is 17.2 Å². The Balaban J connectivity index is 1.78. The van der Waals surface area contributed by atoms with Crippen molar-refractivity contribution in [3.63, 3.8) is 0 Å². The lowest BCUT2D eigenvalue weighted by atomic mass is 10.1. The molecule has 0 amide bonds. The topological polar surface area (TPSA) is 70.1 Å². The van der Waals surface area contributed by atoms with Crippen molar-refractivity contribution in [3.05, 3.63) is 77.2 Å². The van der Waals surface area contributed by atoms with Crippen molar-refractivity contribution in [1.82, 2.24) is 9.97 Å². The Morgan fingerprint density at radius 1 is 1.12 bits per heavy atom. The van der Waals surface area contributed by atoms with Crippen LogP contribution >= 0.6 is 11.6 Å². The quantitative estimate of drug-likeness (QED) is 0.617. The number of nitrogens with one attached hydrogen (secondary N) is 2. The fourth-order valence-corrected chi connectivity index (χ4v) is 2.54. The minimum atomic E-state index is -0.616. The number of nitrogens with zero attached hydrogens (tertiary/aromatic N) is 2. The van der Waals surface area contributed by atoms with Crippen LogP contribution in [0.4, 0.5) is 21.8 Å². The molecule has 0 bridgehead atoms. The lowest BCUT2D eigenvalue weighted by Crippen LogP contribution is -2.17. The van der Waals surface area contributed by atoms with Crippen LogP contribution in [0.25, 0.3) is 0 Å². The molecule has 0 aliphatic rings. The first-order chi connectivity index (χ1) is 12.2. The number of rotatable bonds is 6. The maximum Gasteiger partial charge on any atom is 0.229 e. The number of hydrogen-bond acceptors (Lipinski definition) is 5. The summed E-state index contributed by atoms with van der Waals surface area (Å²) in [4.78, 5) is 8.48. The van der Waals surface area contributed by atoms with Gasteiger partial charge in [-0.1, -0.05) is 35.9 Å². The van der Waals surface area contributed by atoms with Crippen LogP contribution in [0.2, 0.25) is 5.02 Å². The number of benzene rings is 2. The van der Waals surface area contributed by atoms with E-state index in [0.717, 1.165) is 5.69 Å². The highest BCUT2D eigenvalue weighted by Crippen LogP contribution is 2.22. The van der Waals surface area contributed by atoms with Gasteiger partial charge in [0.05, 0.1) is 12.6 Å². The number of aliphatic hydroxyl groups excluding tert-OH is 1. The molecule has 1 aromatic heterocycles. The van der Waals surface area contributed by atoms with Crippen LogP contribution in [-0.4, -0.2) is 21.7 Å². The maximum atomic E-state index is 13.9. The smallest absolute Gasteiger partial charge is 0.229 e. The van der Waals surface area contributed by atoms with Crippen LogP contribution in [0.3, 0.4) is 0 Å². The minimum Gasteiger partial charge on any atom is -0.394 e. The molecule has 0 saturated heterocycles. The maximum absolute atomic E-state index is 13.9. The van der Waals surface area contributed by atoms with E-state index in [9.17, 15) is 9.50 Å². The number of aromatic nitrogens is 2. The molecule has 1 heterocycles. The van der Waals surface area contributed by atoms with Crippen molar-refractivity contribution in [2.45, 2.75) is 6.04 Å². The monoisotopic (exact) mass is 358 g/mol. The second kappa shape index (κ2) is 7.92. The standard InChI is InChI=1S/C18H16ClFN4O/c19-12-4-3-5-13(10-12)22-18-21-9-8-17(24-18)23-16(11-25)14-6-1-2-7-15(14)20/h1-10,16,25H,11H2,(H2,21,22,23,24). The largest absolute Gasteiger partial charge is 0.394 e. The molecule has 0 radical (unpaired) electrons. The van der Waals surface area contributed by atoms with E-state index in [0.29, 0.717) is 22.4 Å². The number of halogens is 2. The van der Waals surface area contributed by atoms with Crippen molar-refractivity contribution in [1.29, 1.82) is 0 Å². The third-order valence-corrected chi connectivity index (χ3v) is 3.76. The van der Waals surface area contributed by atoms with Gasteiger partial charge in [-0.2, -0.15) is 4.98 Å². The van der Waals surface area contributed by atoms with E-state index < -0.39 is 6.04 Å². The first kappa shape index (κ1) is 17.1. The number of anilines is 3. The van der Waals surface area contributed by atoms with Crippen molar-refractivity contribution >= 4 is 29.1 Å². The Kier molecular flexibility index (Phi) is 5.42. The van der Waals surface area contributed by atoms with Gasteiger partial charge < -0.3 is 15.7 Å². The molecule has 128 valence electrons. The highest BCUT2D eigenvalue weighted by atomic mass is 35.5. The molecule has 3 N–H and O–H groups in total. The molecule has 7 heteroatoms. The number of hydrogen-bond donors (Lipinski definition) is 3. The molecule has 2 aromatic carbocycles. The van der Waals surface area contributed by atoms with Crippen molar-refractivity contribution in [3.8, 4) is 0 Å². The van der Waals surface area contributed by atoms with Gasteiger partial charge in [0.2, 0.25) is 5.95 Å². The third-order valence-electron chi connectivity index (χ3n) is 3.52. The summed E-state index contributed by atoms with van der Waals surface area (Å²) in [6.07, 6.45) is 1.57. The van der Waals surface area contributed by atoms with Crippen LogP contribution in [0.5, 0.6) is 0 Å². The summed E-state index contributed by atoms with van der Waals surface area (Å²) in [6.45, 7) is -0.276. The zero-order valence-corrected chi connectivity index (χ0v) is 13.9. The second-order valence-electron chi connectivity index (χ2n) is 5.30. The summed E-state index contributed by atoms with van der Waals surface area (Å²) < 4.78 is 13.9. The molecule has 0 aliphatic carbocycles. The van der Waals surface area contributed by atoms with Gasteiger partial charge in [-0.15, -0.1) is 0 Å². The Labute approximate surface area is 149 Å². The number of aliphatic hydroxyl groups is 1. The first-order valence-electron chi connectivity index (χ1n) is 7.63. The van der Waals surface area contributed by atoms with Crippen LogP contribution < -0.4 is 10.6 Å². The average Bonchev–Trinajstić information content (AvgIpc) is 2.61. The van der Waals surface area contributed by atoms with E-state index >= 15 is 0 Å². The third kappa shape index (κ3) is 4.43. The lowest BCUT2D eigenvalue weighted by Gasteiger charge is -2.18. The van der Waals surface area contributed by atoms with Gasteiger partial charge in [0, 0.05) is 22.5 Å². The minimum absolute atomic E-state index is 0.276. The normalized spacial score (nSPS) is 11.8. The molecule has 0 aliphatic heterocycles. The molecule has 25 heavy (non-hydrogen) atoms. The summed E-state index contributed by atoms with van der Waals surface area (Å²) >= 11 is 5.96. The van der Waals surface area contributed by atoms with Gasteiger partial charge in [0.15, 0.2) is 0 Å². The van der Waals surface area contributed by atoms with E-state index in [1.54, 1.807) is 42.6 Å². The van der Waals surface area contributed by atoms with E-state index in [4.69, 9.17) is 11.6 Å². The molecule has 1 atom stereocenters. The highest BCUT2D eigenvalue weighted by Gasteiger charge is 2.15. The second-order valence-corrected chi connectivity index (χ2v) is 5.74. The van der Waals surface area contributed by atoms with Crippen molar-refractivity contribution < 1.29 is 9.50 Å². The summed E-state index contributed by atoms with van der Waals surface area (Å²) in [7, 11) is 0. The molecule has 0 fully saturated rings. The molecule has 0 spiro atoms. The van der Waals surface area contributed by atoms with E-state index in [1.165, 1.54) is 6.07 Å². The van der Waals surface area contributed by atoms with Crippen LogP contribution in [0.1, 0.15) is 11.6 Å². The fourth-order valence-electron chi connectivity index (χ4n) is 2.35. The van der Waals surface area contributed by atoms with E-state index in [2.05, 4.69) is 20.6 Å². The average molecular weight is 359 g/mol. The Morgan fingerprint density at radius 2 is 1.96 bits per heavy atom. The van der Waals surface area contributed by atoms with Crippen LogP contribution in [-0.2, 0) is 0 Å². The van der Waals surface area contributed by atoms with Gasteiger partial charge in [-0.25, -0.2) is 9.37 Å². The van der Waals surface area contributed by atoms with Gasteiger partial charge in [0.1, 0.15) is 11.6 Å². The Bertz CT molecular complexity index is 862. The van der Waals surface area contributed by atoms with Gasteiger partial charge in [-0.3, -0.25) is 0 Å². The van der Waals surface area contributed by atoms with Gasteiger partial charge in [-0.05, 0) is 30.3 Å². The lowest BCUT2D eigenvalue weighted by molar-refractivity contribution is 0.273. The molecule has 3 rings (SSSR count). The Hall–Kier alpha value is -2.70. The predicted octanol–water partition coefficient (Wildman–Crippen LogP) is 4.16. The van der Waals surface area contributed by atoms with Crippen LogP contribution in [0.15, 0.2) is 60.8 Å². The van der Waals surface area contributed by atoms with E-state index in [-0.39, 0.29) is 12.4 Å². The highest BCUT2D eigenvalue weighted by molar-refractivity contribution is 6.30. The van der Waals surface area contributed by atoms with Crippen LogP contribution in [0, 0.1) is 5.82 Å².